The fourth-order valence-electron chi connectivity index (χ4n) is 4.84. The van der Waals surface area contributed by atoms with E-state index in [4.69, 9.17) is 0 Å². The number of nitrogens with zero attached hydrogens (tertiary/aromatic N) is 3. The molecule has 3 saturated heterocycles. The summed E-state index contributed by atoms with van der Waals surface area (Å²) >= 11 is 0. The molecule has 3 fully saturated rings. The van der Waals surface area contributed by atoms with Crippen LogP contribution in [-0.4, -0.2) is 62.2 Å². The second-order valence-corrected chi connectivity index (χ2v) is 11.2. The van der Waals surface area contributed by atoms with Crippen LogP contribution in [0.25, 0.3) is 0 Å². The third-order valence-electron chi connectivity index (χ3n) is 6.92. The van der Waals surface area contributed by atoms with E-state index in [0.29, 0.717) is 31.2 Å². The lowest BCUT2D eigenvalue weighted by atomic mass is 10.0. The summed E-state index contributed by atoms with van der Waals surface area (Å²) in [6.45, 7) is 5.18. The van der Waals surface area contributed by atoms with Crippen molar-refractivity contribution in [1.29, 1.82) is 0 Å². The Labute approximate surface area is 185 Å². The lowest BCUT2D eigenvalue weighted by Crippen LogP contribution is -2.38. The van der Waals surface area contributed by atoms with Gasteiger partial charge in [-0.05, 0) is 55.9 Å². The van der Waals surface area contributed by atoms with Crippen molar-refractivity contribution < 1.29 is 18.0 Å². The molecule has 4 rings (SSSR count). The van der Waals surface area contributed by atoms with Crippen molar-refractivity contribution in [3.8, 4) is 0 Å². The third-order valence-corrected chi connectivity index (χ3v) is 8.83. The molecular formula is C23H33N3O4S. The maximum absolute atomic E-state index is 12.9. The van der Waals surface area contributed by atoms with E-state index in [9.17, 15) is 18.0 Å². The fourth-order valence-corrected chi connectivity index (χ4v) is 6.31. The van der Waals surface area contributed by atoms with Crippen LogP contribution in [0, 0.1) is 11.8 Å². The molecule has 0 aliphatic carbocycles. The predicted molar refractivity (Wildman–Crippen MR) is 119 cm³/mol. The van der Waals surface area contributed by atoms with Gasteiger partial charge in [0.25, 0.3) is 0 Å². The third kappa shape index (κ3) is 4.80. The first-order chi connectivity index (χ1) is 14.9. The Hall–Kier alpha value is -1.93. The number of piperidine rings is 1. The number of carbonyl (C=O) groups is 2. The molecule has 8 heteroatoms. The molecule has 0 saturated carbocycles. The summed E-state index contributed by atoms with van der Waals surface area (Å²) in [5, 5.41) is 0. The van der Waals surface area contributed by atoms with E-state index >= 15 is 0 Å². The van der Waals surface area contributed by atoms with Crippen LogP contribution in [-0.2, 0) is 19.6 Å². The van der Waals surface area contributed by atoms with Crippen LogP contribution >= 0.6 is 0 Å². The minimum absolute atomic E-state index is 0.0752. The van der Waals surface area contributed by atoms with Crippen molar-refractivity contribution in [3.05, 3.63) is 24.3 Å². The summed E-state index contributed by atoms with van der Waals surface area (Å²) in [5.74, 6) is 0.245. The Kier molecular flexibility index (Phi) is 6.67. The number of sulfonamides is 1. The normalized spacial score (nSPS) is 24.4. The van der Waals surface area contributed by atoms with Crippen molar-refractivity contribution in [2.24, 2.45) is 11.8 Å². The summed E-state index contributed by atoms with van der Waals surface area (Å²) in [6.07, 6.45) is 6.36. The SMILES string of the molecule is CC1CCN(S(=O)(=O)c2ccc(N3C[C@H](C(=O)N4CCCCCC4)CC3=O)cc2)CC1. The Balaban J connectivity index is 1.43. The van der Waals surface area contributed by atoms with Crippen LogP contribution in [0.4, 0.5) is 5.69 Å². The highest BCUT2D eigenvalue weighted by Crippen LogP contribution is 2.29. The molecule has 1 aromatic carbocycles. The average Bonchev–Trinajstić information content (AvgIpc) is 2.97. The number of anilines is 1. The van der Waals surface area contributed by atoms with E-state index < -0.39 is 10.0 Å². The Morgan fingerprint density at radius 2 is 1.55 bits per heavy atom. The van der Waals surface area contributed by atoms with E-state index in [0.717, 1.165) is 51.6 Å². The molecule has 1 atom stereocenters. The van der Waals surface area contributed by atoms with Crippen molar-refractivity contribution >= 4 is 27.5 Å². The summed E-state index contributed by atoms with van der Waals surface area (Å²) in [5.41, 5.74) is 0.655. The monoisotopic (exact) mass is 447 g/mol. The highest BCUT2D eigenvalue weighted by atomic mass is 32.2. The van der Waals surface area contributed by atoms with Crippen molar-refractivity contribution in [3.63, 3.8) is 0 Å². The fraction of sp³-hybridized carbons (Fsp3) is 0.652. The van der Waals surface area contributed by atoms with Gasteiger partial charge in [-0.25, -0.2) is 8.42 Å². The van der Waals surface area contributed by atoms with Gasteiger partial charge in [0.1, 0.15) is 0 Å². The van der Waals surface area contributed by atoms with Gasteiger partial charge in [-0.2, -0.15) is 4.31 Å². The van der Waals surface area contributed by atoms with Crippen LogP contribution in [0.2, 0.25) is 0 Å². The average molecular weight is 448 g/mol. The summed E-state index contributed by atoms with van der Waals surface area (Å²) in [4.78, 5) is 29.4. The number of rotatable bonds is 4. The van der Waals surface area contributed by atoms with Gasteiger partial charge in [0.2, 0.25) is 21.8 Å². The zero-order valence-corrected chi connectivity index (χ0v) is 19.1. The summed E-state index contributed by atoms with van der Waals surface area (Å²) < 4.78 is 27.4. The van der Waals surface area contributed by atoms with E-state index in [1.54, 1.807) is 33.5 Å². The van der Waals surface area contributed by atoms with Crippen LogP contribution in [0.15, 0.2) is 29.2 Å². The largest absolute Gasteiger partial charge is 0.342 e. The minimum Gasteiger partial charge on any atom is -0.342 e. The lowest BCUT2D eigenvalue weighted by molar-refractivity contribution is -0.135. The molecule has 3 heterocycles. The van der Waals surface area contributed by atoms with Gasteiger partial charge in [-0.3, -0.25) is 9.59 Å². The van der Waals surface area contributed by atoms with Crippen molar-refractivity contribution in [1.82, 2.24) is 9.21 Å². The summed E-state index contributed by atoms with van der Waals surface area (Å²) in [6, 6.07) is 6.55. The number of hydrogen-bond acceptors (Lipinski definition) is 4. The van der Waals surface area contributed by atoms with E-state index in [-0.39, 0.29) is 29.0 Å². The zero-order valence-electron chi connectivity index (χ0n) is 18.3. The van der Waals surface area contributed by atoms with Gasteiger partial charge in [0.15, 0.2) is 0 Å². The molecule has 0 bridgehead atoms. The van der Waals surface area contributed by atoms with Crippen molar-refractivity contribution in [2.75, 3.05) is 37.6 Å². The van der Waals surface area contributed by atoms with Crippen LogP contribution in [0.3, 0.4) is 0 Å². The molecule has 31 heavy (non-hydrogen) atoms. The Bertz CT molecular complexity index is 899. The van der Waals surface area contributed by atoms with E-state index in [1.807, 2.05) is 4.90 Å². The minimum atomic E-state index is -3.51. The highest BCUT2D eigenvalue weighted by molar-refractivity contribution is 7.89. The molecule has 0 aromatic heterocycles. The summed E-state index contributed by atoms with van der Waals surface area (Å²) in [7, 11) is -3.51. The van der Waals surface area contributed by atoms with Gasteiger partial charge < -0.3 is 9.80 Å². The first kappa shape index (κ1) is 22.3. The standard InChI is InChI=1S/C23H33N3O4S/c1-18-10-14-25(15-11-18)31(29,30)21-8-6-20(7-9-21)26-17-19(16-22(26)27)23(28)24-12-4-2-3-5-13-24/h6-9,18-19H,2-5,10-17H2,1H3/t19-/m1/s1. The topological polar surface area (TPSA) is 78.0 Å². The molecule has 0 unspecified atom stereocenters. The van der Waals surface area contributed by atoms with Gasteiger partial charge >= 0.3 is 0 Å². The second-order valence-electron chi connectivity index (χ2n) is 9.23. The first-order valence-corrected chi connectivity index (χ1v) is 13.0. The molecule has 170 valence electrons. The molecule has 3 aliphatic rings. The maximum Gasteiger partial charge on any atom is 0.243 e. The molecule has 2 amide bonds. The first-order valence-electron chi connectivity index (χ1n) is 11.6. The van der Waals surface area contributed by atoms with Gasteiger partial charge in [-0.15, -0.1) is 0 Å². The Morgan fingerprint density at radius 3 is 2.16 bits per heavy atom. The Morgan fingerprint density at radius 1 is 0.935 bits per heavy atom. The lowest BCUT2D eigenvalue weighted by Gasteiger charge is -2.29. The quantitative estimate of drug-likeness (QED) is 0.711. The maximum atomic E-state index is 12.9. The predicted octanol–water partition coefficient (Wildman–Crippen LogP) is 2.86. The van der Waals surface area contributed by atoms with Crippen LogP contribution in [0.5, 0.6) is 0 Å². The smallest absolute Gasteiger partial charge is 0.243 e. The number of hydrogen-bond donors (Lipinski definition) is 0. The highest BCUT2D eigenvalue weighted by Gasteiger charge is 2.37. The van der Waals surface area contributed by atoms with E-state index in [2.05, 4.69) is 6.92 Å². The molecular weight excluding hydrogens is 414 g/mol. The van der Waals surface area contributed by atoms with Crippen LogP contribution < -0.4 is 4.90 Å². The number of benzene rings is 1. The van der Waals surface area contributed by atoms with Gasteiger partial charge in [0.05, 0.1) is 10.8 Å². The van der Waals surface area contributed by atoms with Gasteiger partial charge in [0, 0.05) is 44.8 Å². The number of likely N-dealkylation sites (tertiary alicyclic amines) is 1. The molecule has 0 radical (unpaired) electrons. The second kappa shape index (κ2) is 9.28. The molecule has 1 aromatic rings. The number of amides is 2. The van der Waals surface area contributed by atoms with Crippen molar-refractivity contribution in [2.45, 2.75) is 56.8 Å². The molecule has 3 aliphatic heterocycles. The number of carbonyl (C=O) groups excluding carboxylic acids is 2. The van der Waals surface area contributed by atoms with Crippen LogP contribution in [0.1, 0.15) is 51.9 Å². The van der Waals surface area contributed by atoms with E-state index in [1.165, 1.54) is 0 Å². The molecule has 0 N–H and O–H groups in total. The van der Waals surface area contributed by atoms with Gasteiger partial charge in [-0.1, -0.05) is 19.8 Å². The molecule has 7 nitrogen and oxygen atoms in total. The zero-order chi connectivity index (χ0) is 22.0. The molecule has 0 spiro atoms.